The molecular formula is C27H28N2O6. The maximum atomic E-state index is 12.4. The Morgan fingerprint density at radius 3 is 2.26 bits per heavy atom. The molecule has 0 atom stereocenters. The first-order valence-electron chi connectivity index (χ1n) is 11.3. The van der Waals surface area contributed by atoms with Gasteiger partial charge in [-0.15, -0.1) is 0 Å². The summed E-state index contributed by atoms with van der Waals surface area (Å²) in [4.78, 5) is 36.0. The summed E-state index contributed by atoms with van der Waals surface area (Å²) in [5.74, 6) is 0.469. The summed E-state index contributed by atoms with van der Waals surface area (Å²) >= 11 is 0. The normalized spacial score (nSPS) is 10.2. The topological polar surface area (TPSA) is 103 Å². The molecule has 0 radical (unpaired) electrons. The third-order valence-electron chi connectivity index (χ3n) is 4.98. The quantitative estimate of drug-likeness (QED) is 0.324. The molecule has 0 spiro atoms. The van der Waals surface area contributed by atoms with Gasteiger partial charge in [-0.2, -0.15) is 0 Å². The molecule has 2 amide bonds. The van der Waals surface area contributed by atoms with Crippen LogP contribution in [-0.4, -0.2) is 31.2 Å². The number of nitrogens with one attached hydrogen (secondary N) is 2. The molecule has 3 aromatic rings. The standard InChI is InChI=1S/C27H28N2O6/c1-3-20-7-5-6-8-24(20)34-18-25(30)29-22-13-9-19(10-14-22)17-28-26(31)21-11-15-23(16-12-21)35-27(32)33-4-2/h5-16H,3-4,17-18H2,1-2H3,(H,28,31)(H,29,30). The first-order valence-corrected chi connectivity index (χ1v) is 11.3. The van der Waals surface area contributed by atoms with Crippen molar-refractivity contribution in [2.45, 2.75) is 26.8 Å². The van der Waals surface area contributed by atoms with Crippen molar-refractivity contribution in [2.75, 3.05) is 18.5 Å². The van der Waals surface area contributed by atoms with Gasteiger partial charge in [0, 0.05) is 17.8 Å². The van der Waals surface area contributed by atoms with Crippen LogP contribution in [0.1, 0.15) is 35.3 Å². The molecule has 35 heavy (non-hydrogen) atoms. The largest absolute Gasteiger partial charge is 0.513 e. The van der Waals surface area contributed by atoms with E-state index in [2.05, 4.69) is 10.6 Å². The van der Waals surface area contributed by atoms with Crippen LogP contribution in [0, 0.1) is 0 Å². The van der Waals surface area contributed by atoms with Gasteiger partial charge in [-0.1, -0.05) is 37.3 Å². The van der Waals surface area contributed by atoms with Crippen LogP contribution >= 0.6 is 0 Å². The average molecular weight is 477 g/mol. The maximum Gasteiger partial charge on any atom is 0.513 e. The van der Waals surface area contributed by atoms with E-state index in [1.165, 1.54) is 12.1 Å². The van der Waals surface area contributed by atoms with Gasteiger partial charge in [0.1, 0.15) is 11.5 Å². The number of ether oxygens (including phenoxy) is 3. The number of anilines is 1. The van der Waals surface area contributed by atoms with E-state index >= 15 is 0 Å². The smallest absolute Gasteiger partial charge is 0.483 e. The number of para-hydroxylation sites is 1. The molecule has 0 bridgehead atoms. The van der Waals surface area contributed by atoms with Crippen LogP contribution < -0.4 is 20.1 Å². The fourth-order valence-electron chi connectivity index (χ4n) is 3.19. The van der Waals surface area contributed by atoms with Crippen molar-refractivity contribution < 1.29 is 28.6 Å². The van der Waals surface area contributed by atoms with Gasteiger partial charge >= 0.3 is 6.16 Å². The van der Waals surface area contributed by atoms with Gasteiger partial charge in [-0.3, -0.25) is 9.59 Å². The minimum Gasteiger partial charge on any atom is -0.483 e. The van der Waals surface area contributed by atoms with Crippen molar-refractivity contribution >= 4 is 23.7 Å². The molecule has 2 N–H and O–H groups in total. The molecule has 3 aromatic carbocycles. The molecule has 0 saturated carbocycles. The molecule has 0 aliphatic carbocycles. The Hall–Kier alpha value is -4.33. The Bertz CT molecular complexity index is 1140. The van der Waals surface area contributed by atoms with Gasteiger partial charge in [-0.05, 0) is 66.9 Å². The van der Waals surface area contributed by atoms with Gasteiger partial charge < -0.3 is 24.8 Å². The highest BCUT2D eigenvalue weighted by Gasteiger charge is 2.09. The second-order valence-electron chi connectivity index (χ2n) is 7.49. The predicted octanol–water partition coefficient (Wildman–Crippen LogP) is 4.73. The molecule has 0 saturated heterocycles. The fourth-order valence-corrected chi connectivity index (χ4v) is 3.19. The summed E-state index contributed by atoms with van der Waals surface area (Å²) in [6.45, 7) is 4.16. The average Bonchev–Trinajstić information content (AvgIpc) is 2.87. The van der Waals surface area contributed by atoms with E-state index < -0.39 is 6.16 Å². The van der Waals surface area contributed by atoms with Crippen molar-refractivity contribution in [3.8, 4) is 11.5 Å². The number of benzene rings is 3. The number of rotatable bonds is 10. The minimum atomic E-state index is -0.793. The first-order chi connectivity index (χ1) is 17.0. The third kappa shape index (κ3) is 7.89. The van der Waals surface area contributed by atoms with E-state index in [0.29, 0.717) is 23.5 Å². The zero-order valence-electron chi connectivity index (χ0n) is 19.7. The molecule has 0 aliphatic rings. The van der Waals surface area contributed by atoms with Gasteiger partial charge in [0.2, 0.25) is 0 Å². The second-order valence-corrected chi connectivity index (χ2v) is 7.49. The Labute approximate surface area is 204 Å². The molecule has 182 valence electrons. The van der Waals surface area contributed by atoms with Crippen molar-refractivity contribution in [1.29, 1.82) is 0 Å². The molecule has 8 nitrogen and oxygen atoms in total. The van der Waals surface area contributed by atoms with Gasteiger partial charge in [0.15, 0.2) is 6.61 Å². The van der Waals surface area contributed by atoms with Gasteiger partial charge in [0.25, 0.3) is 11.8 Å². The number of hydrogen-bond donors (Lipinski definition) is 2. The van der Waals surface area contributed by atoms with Crippen molar-refractivity contribution in [3.05, 3.63) is 89.5 Å². The summed E-state index contributed by atoms with van der Waals surface area (Å²) < 4.78 is 15.3. The molecule has 0 heterocycles. The zero-order valence-corrected chi connectivity index (χ0v) is 19.7. The van der Waals surface area contributed by atoms with Gasteiger partial charge in [0.05, 0.1) is 6.61 Å². The summed E-state index contributed by atoms with van der Waals surface area (Å²) in [7, 11) is 0. The second kappa shape index (κ2) is 12.8. The number of carbonyl (C=O) groups is 3. The number of amides is 2. The summed E-state index contributed by atoms with van der Waals surface area (Å²) in [5.41, 5.74) is 2.98. The van der Waals surface area contributed by atoms with E-state index in [-0.39, 0.29) is 30.8 Å². The van der Waals surface area contributed by atoms with Crippen LogP contribution in [0.15, 0.2) is 72.8 Å². The van der Waals surface area contributed by atoms with Gasteiger partial charge in [-0.25, -0.2) is 4.79 Å². The number of carbonyl (C=O) groups excluding carboxylic acids is 3. The molecule has 0 aromatic heterocycles. The van der Waals surface area contributed by atoms with E-state index in [9.17, 15) is 14.4 Å². The molecule has 8 heteroatoms. The predicted molar refractivity (Wildman–Crippen MR) is 132 cm³/mol. The Balaban J connectivity index is 1.44. The van der Waals surface area contributed by atoms with Crippen molar-refractivity contribution in [1.82, 2.24) is 5.32 Å². The van der Waals surface area contributed by atoms with Crippen LogP contribution in [0.2, 0.25) is 0 Å². The SMILES string of the molecule is CCOC(=O)Oc1ccc(C(=O)NCc2ccc(NC(=O)COc3ccccc3CC)cc2)cc1. The summed E-state index contributed by atoms with van der Waals surface area (Å²) in [5, 5.41) is 5.62. The van der Waals surface area contributed by atoms with E-state index in [4.69, 9.17) is 14.2 Å². The Morgan fingerprint density at radius 2 is 1.57 bits per heavy atom. The summed E-state index contributed by atoms with van der Waals surface area (Å²) in [6, 6.07) is 21.0. The number of hydrogen-bond acceptors (Lipinski definition) is 6. The molecular weight excluding hydrogens is 448 g/mol. The summed E-state index contributed by atoms with van der Waals surface area (Å²) in [6.07, 6.45) is 0.0315. The third-order valence-corrected chi connectivity index (χ3v) is 4.98. The monoisotopic (exact) mass is 476 g/mol. The van der Waals surface area contributed by atoms with Crippen LogP contribution in [0.5, 0.6) is 11.5 Å². The van der Waals surface area contributed by atoms with Crippen LogP contribution in [-0.2, 0) is 22.5 Å². The first kappa shape index (κ1) is 25.3. The van der Waals surface area contributed by atoms with Crippen LogP contribution in [0.4, 0.5) is 10.5 Å². The Morgan fingerprint density at radius 1 is 0.857 bits per heavy atom. The lowest BCUT2D eigenvalue weighted by atomic mass is 10.1. The molecule has 0 unspecified atom stereocenters. The molecule has 0 aliphatic heterocycles. The Kier molecular flexibility index (Phi) is 9.24. The lowest BCUT2D eigenvalue weighted by Gasteiger charge is -2.11. The molecule has 3 rings (SSSR count). The van der Waals surface area contributed by atoms with E-state index in [1.807, 2.05) is 43.3 Å². The highest BCUT2D eigenvalue weighted by Crippen LogP contribution is 2.18. The van der Waals surface area contributed by atoms with Crippen molar-refractivity contribution in [2.24, 2.45) is 0 Å². The lowest BCUT2D eigenvalue weighted by Crippen LogP contribution is -2.23. The van der Waals surface area contributed by atoms with E-state index in [1.54, 1.807) is 31.2 Å². The lowest BCUT2D eigenvalue weighted by molar-refractivity contribution is -0.118. The highest BCUT2D eigenvalue weighted by molar-refractivity contribution is 5.94. The minimum absolute atomic E-state index is 0.0849. The zero-order chi connectivity index (χ0) is 25.0. The fraction of sp³-hybridized carbons (Fsp3) is 0.222. The highest BCUT2D eigenvalue weighted by atomic mass is 16.7. The molecule has 0 fully saturated rings. The van der Waals surface area contributed by atoms with Crippen LogP contribution in [0.3, 0.4) is 0 Å². The van der Waals surface area contributed by atoms with E-state index in [0.717, 1.165) is 17.5 Å². The van der Waals surface area contributed by atoms with Crippen LogP contribution in [0.25, 0.3) is 0 Å². The number of aryl methyl sites for hydroxylation is 1. The van der Waals surface area contributed by atoms with Crippen molar-refractivity contribution in [3.63, 3.8) is 0 Å². The maximum absolute atomic E-state index is 12.4.